The minimum absolute atomic E-state index is 0.0434. The van der Waals surface area contributed by atoms with Crippen molar-refractivity contribution in [2.75, 3.05) is 13.1 Å². The smallest absolute Gasteiger partial charge is 0.240 e. The summed E-state index contributed by atoms with van der Waals surface area (Å²) in [5.74, 6) is -2.98. The molecule has 0 radical (unpaired) electrons. The number of piperazine rings is 1. The highest BCUT2D eigenvalue weighted by Crippen LogP contribution is 2.29. The fraction of sp³-hybridized carbons (Fsp3) is 0.737. The van der Waals surface area contributed by atoms with E-state index in [0.29, 0.717) is 32.4 Å². The number of Topliss-reactive ketones (excluding diaryl/α,β-unsaturated/α-hetero) is 1. The number of nitrogens with zero attached hydrogens (tertiary/aromatic N) is 1. The van der Waals surface area contributed by atoms with Crippen molar-refractivity contribution in [3.63, 3.8) is 0 Å². The average molecular weight is 424 g/mol. The number of primary amides is 1. The fourth-order valence-electron chi connectivity index (χ4n) is 4.04. The van der Waals surface area contributed by atoms with Gasteiger partial charge in [-0.25, -0.2) is 0 Å². The topological polar surface area (TPSA) is 195 Å². The normalized spacial score (nSPS) is 28.9. The Morgan fingerprint density at radius 2 is 1.73 bits per heavy atom. The summed E-state index contributed by atoms with van der Waals surface area (Å²) in [6.07, 6.45) is 3.56. The summed E-state index contributed by atoms with van der Waals surface area (Å²) < 4.78 is 0. The number of ketones is 1. The number of nitrogens with two attached hydrogens (primary N) is 3. The van der Waals surface area contributed by atoms with Gasteiger partial charge in [0.1, 0.15) is 12.1 Å². The van der Waals surface area contributed by atoms with Crippen molar-refractivity contribution < 1.29 is 19.2 Å². The Morgan fingerprint density at radius 1 is 1.03 bits per heavy atom. The summed E-state index contributed by atoms with van der Waals surface area (Å²) in [5, 5.41) is 8.50. The second-order valence-corrected chi connectivity index (χ2v) is 7.93. The number of piperidine rings is 1. The lowest BCUT2D eigenvalue weighted by molar-refractivity contribution is -0.143. The molecule has 168 valence electrons. The minimum atomic E-state index is -0.912. The summed E-state index contributed by atoms with van der Waals surface area (Å²) in [6, 6.07) is -1.98. The third-order valence-corrected chi connectivity index (χ3v) is 5.70. The number of hydrogen-bond donors (Lipinski definition) is 6. The molecule has 1 unspecified atom stereocenters. The van der Waals surface area contributed by atoms with Crippen LogP contribution in [0.3, 0.4) is 0 Å². The minimum Gasteiger partial charge on any atom is -0.370 e. The Morgan fingerprint density at radius 3 is 2.33 bits per heavy atom. The molecule has 0 saturated carbocycles. The number of hydrogen-bond acceptors (Lipinski definition) is 6. The van der Waals surface area contributed by atoms with Gasteiger partial charge in [-0.3, -0.25) is 24.2 Å². The van der Waals surface area contributed by atoms with E-state index in [0.717, 1.165) is 12.8 Å². The van der Waals surface area contributed by atoms with Crippen LogP contribution in [-0.2, 0) is 19.2 Å². The Balaban J connectivity index is 2.08. The Hall–Kier alpha value is -2.69. The zero-order valence-corrected chi connectivity index (χ0v) is 17.4. The van der Waals surface area contributed by atoms with Gasteiger partial charge in [0.2, 0.25) is 17.7 Å². The van der Waals surface area contributed by atoms with E-state index in [9.17, 15) is 19.2 Å². The van der Waals surface area contributed by atoms with E-state index in [2.05, 4.69) is 20.9 Å². The molecule has 11 nitrogen and oxygen atoms in total. The Labute approximate surface area is 176 Å². The Bertz CT molecular complexity index is 692. The molecule has 2 fully saturated rings. The van der Waals surface area contributed by atoms with Crippen LogP contribution in [0, 0.1) is 11.8 Å². The first-order chi connectivity index (χ1) is 14.2. The first-order valence-electron chi connectivity index (χ1n) is 10.5. The van der Waals surface area contributed by atoms with Crippen molar-refractivity contribution in [3.8, 4) is 0 Å². The largest absolute Gasteiger partial charge is 0.370 e. The standard InChI is InChI=1S/C19H33N7O4/c1-2-3-6-12-18(30)26-14(9-24-12)15(27)11-8-13(16(20)28)25-17(29)10(11)5-4-7-23-19(21)22/h10-14,24H,2-9H2,1H3,(H2,20,28)(H,25,29)(H,26,30)(H4,21,22,23)/t10-,11?,12-,13+,14-/m1/s1. The van der Waals surface area contributed by atoms with Crippen LogP contribution in [0.4, 0.5) is 0 Å². The second-order valence-electron chi connectivity index (χ2n) is 7.93. The quantitative estimate of drug-likeness (QED) is 0.131. The van der Waals surface area contributed by atoms with Crippen LogP contribution in [0.25, 0.3) is 0 Å². The summed E-state index contributed by atoms with van der Waals surface area (Å²) >= 11 is 0. The van der Waals surface area contributed by atoms with Gasteiger partial charge in [0.05, 0.1) is 6.04 Å². The number of amides is 3. The molecule has 0 spiro atoms. The van der Waals surface area contributed by atoms with Crippen LogP contribution in [-0.4, -0.2) is 60.7 Å². The number of guanidine groups is 1. The maximum absolute atomic E-state index is 13.2. The van der Waals surface area contributed by atoms with E-state index in [4.69, 9.17) is 17.2 Å². The predicted octanol–water partition coefficient (Wildman–Crippen LogP) is -2.14. The van der Waals surface area contributed by atoms with Crippen LogP contribution in [0.1, 0.15) is 45.4 Å². The van der Waals surface area contributed by atoms with Gasteiger partial charge in [0.25, 0.3) is 0 Å². The van der Waals surface area contributed by atoms with Gasteiger partial charge in [-0.1, -0.05) is 19.8 Å². The first kappa shape index (κ1) is 23.6. The number of nitrogens with one attached hydrogen (secondary N) is 3. The van der Waals surface area contributed by atoms with Crippen molar-refractivity contribution in [1.29, 1.82) is 0 Å². The SMILES string of the molecule is CCCC[C@H]1NC[C@H](C(=O)C2C[C@@H](C(N)=O)NC(=O)[C@@H]2CCCN=C(N)N)NC1=O. The van der Waals surface area contributed by atoms with Crippen molar-refractivity contribution >= 4 is 29.5 Å². The number of unbranched alkanes of at least 4 members (excludes halogenated alkanes) is 1. The molecule has 2 heterocycles. The van der Waals surface area contributed by atoms with Crippen molar-refractivity contribution in [3.05, 3.63) is 0 Å². The molecular weight excluding hydrogens is 390 g/mol. The van der Waals surface area contributed by atoms with Gasteiger partial charge in [0.15, 0.2) is 11.7 Å². The van der Waals surface area contributed by atoms with Crippen LogP contribution in [0.15, 0.2) is 4.99 Å². The van der Waals surface area contributed by atoms with Crippen molar-refractivity contribution in [1.82, 2.24) is 16.0 Å². The molecule has 2 rings (SSSR count). The second kappa shape index (κ2) is 10.9. The van der Waals surface area contributed by atoms with Crippen LogP contribution < -0.4 is 33.2 Å². The highest BCUT2D eigenvalue weighted by molar-refractivity contribution is 5.98. The number of rotatable bonds is 10. The number of carbonyl (C=O) groups excluding carboxylic acids is 4. The van der Waals surface area contributed by atoms with Gasteiger partial charge >= 0.3 is 0 Å². The molecule has 30 heavy (non-hydrogen) atoms. The fourth-order valence-corrected chi connectivity index (χ4v) is 4.04. The molecule has 0 aromatic heterocycles. The van der Waals surface area contributed by atoms with Crippen molar-refractivity contribution in [2.45, 2.75) is 63.6 Å². The number of aliphatic imine (C=N–C) groups is 1. The molecule has 9 N–H and O–H groups in total. The van der Waals surface area contributed by atoms with Gasteiger partial charge in [-0.05, 0) is 25.7 Å². The maximum Gasteiger partial charge on any atom is 0.240 e. The molecule has 0 aromatic carbocycles. The van der Waals surface area contributed by atoms with Crippen LogP contribution in [0.5, 0.6) is 0 Å². The number of carbonyl (C=O) groups is 4. The molecule has 2 aliphatic rings. The lowest BCUT2D eigenvalue weighted by Gasteiger charge is -2.37. The average Bonchev–Trinajstić information content (AvgIpc) is 2.69. The highest BCUT2D eigenvalue weighted by atomic mass is 16.2. The molecule has 0 bridgehead atoms. The van der Waals surface area contributed by atoms with E-state index < -0.39 is 35.7 Å². The van der Waals surface area contributed by atoms with Crippen LogP contribution in [0.2, 0.25) is 0 Å². The monoisotopic (exact) mass is 423 g/mol. The lowest BCUT2D eigenvalue weighted by atomic mass is 9.75. The van der Waals surface area contributed by atoms with E-state index in [1.54, 1.807) is 0 Å². The zero-order chi connectivity index (χ0) is 22.3. The summed E-state index contributed by atoms with van der Waals surface area (Å²) in [4.78, 5) is 53.8. The van der Waals surface area contributed by atoms with E-state index in [1.165, 1.54) is 0 Å². The van der Waals surface area contributed by atoms with E-state index >= 15 is 0 Å². The van der Waals surface area contributed by atoms with Gasteiger partial charge in [-0.2, -0.15) is 0 Å². The first-order valence-corrected chi connectivity index (χ1v) is 10.5. The summed E-state index contributed by atoms with van der Waals surface area (Å²) in [6.45, 7) is 2.66. The molecule has 2 aliphatic heterocycles. The van der Waals surface area contributed by atoms with Crippen molar-refractivity contribution in [2.24, 2.45) is 34.0 Å². The maximum atomic E-state index is 13.2. The zero-order valence-electron chi connectivity index (χ0n) is 17.4. The van der Waals surface area contributed by atoms with E-state index in [1.807, 2.05) is 6.92 Å². The van der Waals surface area contributed by atoms with Gasteiger partial charge < -0.3 is 33.2 Å². The van der Waals surface area contributed by atoms with Crippen LogP contribution >= 0.6 is 0 Å². The third kappa shape index (κ3) is 6.15. The third-order valence-electron chi connectivity index (χ3n) is 5.70. The molecule has 2 saturated heterocycles. The van der Waals surface area contributed by atoms with E-state index in [-0.39, 0.29) is 30.1 Å². The molecule has 3 amide bonds. The van der Waals surface area contributed by atoms with Gasteiger partial charge in [-0.15, -0.1) is 0 Å². The predicted molar refractivity (Wildman–Crippen MR) is 111 cm³/mol. The molecule has 11 heteroatoms. The van der Waals surface area contributed by atoms with Gasteiger partial charge in [0, 0.05) is 24.9 Å². The highest BCUT2D eigenvalue weighted by Gasteiger charge is 2.45. The molecule has 0 aromatic rings. The molecule has 5 atom stereocenters. The summed E-state index contributed by atoms with van der Waals surface area (Å²) in [5.41, 5.74) is 16.0. The summed E-state index contributed by atoms with van der Waals surface area (Å²) in [7, 11) is 0. The molecular formula is C19H33N7O4. The molecule has 0 aliphatic carbocycles. The Kier molecular flexibility index (Phi) is 8.58. The lowest BCUT2D eigenvalue weighted by Crippen LogP contribution is -2.64.